The number of hydrogen-bond donors (Lipinski definition) is 0. The lowest BCUT2D eigenvalue weighted by Crippen LogP contribution is -2.62. The largest absolute Gasteiger partial charge is 0.497 e. The zero-order chi connectivity index (χ0) is 13.1. The van der Waals surface area contributed by atoms with E-state index in [1.165, 1.54) is 4.90 Å². The number of nitrogens with zero attached hydrogens (tertiary/aromatic N) is 1. The van der Waals surface area contributed by atoms with Crippen LogP contribution in [0.1, 0.15) is 6.42 Å². The molecular formula is C14H13NO3. The third-order valence-corrected chi connectivity index (χ3v) is 3.09. The molecule has 0 bridgehead atoms. The lowest BCUT2D eigenvalue weighted by molar-refractivity contribution is -0.133. The molecule has 1 aliphatic heterocycles. The van der Waals surface area contributed by atoms with Crippen LogP contribution in [0.25, 0.3) is 0 Å². The molecule has 0 spiro atoms. The Hall–Kier alpha value is -2.28. The van der Waals surface area contributed by atoms with Crippen molar-refractivity contribution in [3.63, 3.8) is 0 Å². The maximum absolute atomic E-state index is 11.9. The first-order chi connectivity index (χ1) is 8.72. The number of carbonyl (C=O) groups is 2. The minimum Gasteiger partial charge on any atom is -0.497 e. The highest BCUT2D eigenvalue weighted by Crippen LogP contribution is 2.34. The van der Waals surface area contributed by atoms with E-state index in [4.69, 9.17) is 11.2 Å². The molecule has 92 valence electrons. The molecule has 0 aliphatic carbocycles. The Morgan fingerprint density at radius 1 is 1.44 bits per heavy atom. The molecule has 1 aromatic rings. The van der Waals surface area contributed by atoms with Crippen LogP contribution in [0.5, 0.6) is 5.75 Å². The maximum atomic E-state index is 11.9. The first-order valence-electron chi connectivity index (χ1n) is 5.58. The van der Waals surface area contributed by atoms with Crippen molar-refractivity contribution in [1.29, 1.82) is 0 Å². The van der Waals surface area contributed by atoms with E-state index in [0.717, 1.165) is 6.29 Å². The summed E-state index contributed by atoms with van der Waals surface area (Å²) in [6.07, 6.45) is 6.26. The summed E-state index contributed by atoms with van der Waals surface area (Å²) in [4.78, 5) is 24.4. The smallest absolute Gasteiger partial charge is 0.234 e. The second-order valence-electron chi connectivity index (χ2n) is 4.05. The highest BCUT2D eigenvalue weighted by molar-refractivity contribution is 6.08. The standard InChI is InChI=1S/C14H13NO3/c1-3-4-12-13(9-16)15(14(12)17)10-5-7-11(18-2)8-6-10/h1,5-9,12-13H,4H2,2H3/t12-,13-/m1/s1. The number of benzene rings is 1. The topological polar surface area (TPSA) is 46.6 Å². The van der Waals surface area contributed by atoms with Crippen molar-refractivity contribution in [2.45, 2.75) is 12.5 Å². The molecule has 1 fully saturated rings. The van der Waals surface area contributed by atoms with Gasteiger partial charge in [0.25, 0.3) is 0 Å². The molecule has 4 heteroatoms. The number of anilines is 1. The number of amides is 1. The van der Waals surface area contributed by atoms with Crippen molar-refractivity contribution < 1.29 is 14.3 Å². The lowest BCUT2D eigenvalue weighted by Gasteiger charge is -2.43. The van der Waals surface area contributed by atoms with Gasteiger partial charge in [-0.05, 0) is 24.3 Å². The molecule has 1 amide bonds. The van der Waals surface area contributed by atoms with Gasteiger partial charge in [-0.2, -0.15) is 0 Å². The van der Waals surface area contributed by atoms with E-state index in [2.05, 4.69) is 5.92 Å². The third-order valence-electron chi connectivity index (χ3n) is 3.09. The molecular weight excluding hydrogens is 230 g/mol. The maximum Gasteiger partial charge on any atom is 0.234 e. The molecule has 4 nitrogen and oxygen atoms in total. The Labute approximate surface area is 106 Å². The number of rotatable bonds is 4. The molecule has 0 radical (unpaired) electrons. The quantitative estimate of drug-likeness (QED) is 0.454. The van der Waals surface area contributed by atoms with Crippen LogP contribution >= 0.6 is 0 Å². The molecule has 2 rings (SSSR count). The van der Waals surface area contributed by atoms with Crippen molar-refractivity contribution in [3.8, 4) is 18.1 Å². The molecule has 1 heterocycles. The van der Waals surface area contributed by atoms with Crippen LogP contribution in [0.2, 0.25) is 0 Å². The van der Waals surface area contributed by atoms with Crippen molar-refractivity contribution in [1.82, 2.24) is 0 Å². The van der Waals surface area contributed by atoms with Crippen LogP contribution in [-0.4, -0.2) is 25.3 Å². The van der Waals surface area contributed by atoms with E-state index in [9.17, 15) is 9.59 Å². The summed E-state index contributed by atoms with van der Waals surface area (Å²) in [5, 5.41) is 0. The molecule has 2 atom stereocenters. The summed E-state index contributed by atoms with van der Waals surface area (Å²) in [5.74, 6) is 2.65. The average Bonchev–Trinajstić information content (AvgIpc) is 2.42. The summed E-state index contributed by atoms with van der Waals surface area (Å²) in [7, 11) is 1.57. The first kappa shape index (κ1) is 12.2. The highest BCUT2D eigenvalue weighted by atomic mass is 16.5. The van der Waals surface area contributed by atoms with Crippen molar-refractivity contribution in [3.05, 3.63) is 24.3 Å². The normalized spacial score (nSPS) is 22.0. The third kappa shape index (κ3) is 1.84. The number of aldehydes is 1. The SMILES string of the molecule is C#CC[C@H]1C(=O)N(c2ccc(OC)cc2)[C@@H]1C=O. The molecule has 1 saturated heterocycles. The molecule has 1 aromatic carbocycles. The van der Waals surface area contributed by atoms with Gasteiger partial charge in [0, 0.05) is 12.1 Å². The van der Waals surface area contributed by atoms with Crippen LogP contribution < -0.4 is 9.64 Å². The van der Waals surface area contributed by atoms with Gasteiger partial charge in [0.2, 0.25) is 5.91 Å². The van der Waals surface area contributed by atoms with E-state index in [1.54, 1.807) is 31.4 Å². The van der Waals surface area contributed by atoms with Gasteiger partial charge in [0.05, 0.1) is 13.0 Å². The summed E-state index contributed by atoms with van der Waals surface area (Å²) < 4.78 is 5.04. The first-order valence-corrected chi connectivity index (χ1v) is 5.58. The fourth-order valence-electron chi connectivity index (χ4n) is 2.10. The number of methoxy groups -OCH3 is 1. The number of β-lactam (4-membered cyclic amide) rings is 1. The predicted octanol–water partition coefficient (Wildman–Crippen LogP) is 1.25. The molecule has 1 aliphatic rings. The summed E-state index contributed by atoms with van der Waals surface area (Å²) in [6.45, 7) is 0. The van der Waals surface area contributed by atoms with Crippen LogP contribution in [0.3, 0.4) is 0 Å². The molecule has 0 N–H and O–H groups in total. The van der Waals surface area contributed by atoms with Crippen molar-refractivity contribution in [2.75, 3.05) is 12.0 Å². The fraction of sp³-hybridized carbons (Fsp3) is 0.286. The predicted molar refractivity (Wildman–Crippen MR) is 67.3 cm³/mol. The minimum absolute atomic E-state index is 0.102. The van der Waals surface area contributed by atoms with Crippen LogP contribution in [0, 0.1) is 18.3 Å². The second kappa shape index (κ2) is 4.92. The van der Waals surface area contributed by atoms with Crippen molar-refractivity contribution >= 4 is 17.9 Å². The monoisotopic (exact) mass is 243 g/mol. The zero-order valence-electron chi connectivity index (χ0n) is 10.00. The summed E-state index contributed by atoms with van der Waals surface area (Å²) in [6, 6.07) is 6.54. The van der Waals surface area contributed by atoms with E-state index < -0.39 is 6.04 Å². The van der Waals surface area contributed by atoms with Gasteiger partial charge < -0.3 is 14.4 Å². The Kier molecular flexibility index (Phi) is 3.33. The van der Waals surface area contributed by atoms with E-state index in [1.807, 2.05) is 0 Å². The number of hydrogen-bond acceptors (Lipinski definition) is 3. The number of terminal acetylenes is 1. The van der Waals surface area contributed by atoms with Crippen LogP contribution in [-0.2, 0) is 9.59 Å². The summed E-state index contributed by atoms with van der Waals surface area (Å²) >= 11 is 0. The van der Waals surface area contributed by atoms with Crippen LogP contribution in [0.15, 0.2) is 24.3 Å². The van der Waals surface area contributed by atoms with Gasteiger partial charge in [0.1, 0.15) is 18.1 Å². The Balaban J connectivity index is 2.20. The summed E-state index contributed by atoms with van der Waals surface area (Å²) in [5.41, 5.74) is 0.686. The Morgan fingerprint density at radius 3 is 2.61 bits per heavy atom. The molecule has 0 unspecified atom stereocenters. The van der Waals surface area contributed by atoms with Crippen molar-refractivity contribution in [2.24, 2.45) is 5.92 Å². The second-order valence-corrected chi connectivity index (χ2v) is 4.05. The van der Waals surface area contributed by atoms with Gasteiger partial charge >= 0.3 is 0 Å². The zero-order valence-corrected chi connectivity index (χ0v) is 10.00. The van der Waals surface area contributed by atoms with E-state index >= 15 is 0 Å². The Morgan fingerprint density at radius 2 is 2.11 bits per heavy atom. The van der Waals surface area contributed by atoms with Gasteiger partial charge in [-0.3, -0.25) is 4.79 Å². The fourth-order valence-corrected chi connectivity index (χ4v) is 2.10. The van der Waals surface area contributed by atoms with Gasteiger partial charge in [-0.1, -0.05) is 0 Å². The highest BCUT2D eigenvalue weighted by Gasteiger charge is 2.47. The number of carbonyl (C=O) groups excluding carboxylic acids is 2. The van der Waals surface area contributed by atoms with E-state index in [-0.39, 0.29) is 11.8 Å². The van der Waals surface area contributed by atoms with Gasteiger partial charge in [0.15, 0.2) is 0 Å². The molecule has 0 aromatic heterocycles. The van der Waals surface area contributed by atoms with Gasteiger partial charge in [-0.15, -0.1) is 12.3 Å². The Bertz CT molecular complexity index is 501. The van der Waals surface area contributed by atoms with Gasteiger partial charge in [-0.25, -0.2) is 0 Å². The number of ether oxygens (including phenoxy) is 1. The lowest BCUT2D eigenvalue weighted by atomic mass is 9.85. The van der Waals surface area contributed by atoms with Crippen LogP contribution in [0.4, 0.5) is 5.69 Å². The average molecular weight is 243 g/mol. The minimum atomic E-state index is -0.457. The molecule has 0 saturated carbocycles. The van der Waals surface area contributed by atoms with E-state index in [0.29, 0.717) is 17.9 Å². The molecule has 18 heavy (non-hydrogen) atoms.